The van der Waals surface area contributed by atoms with E-state index in [0.717, 1.165) is 19.3 Å². The van der Waals surface area contributed by atoms with E-state index in [1.807, 2.05) is 0 Å². The molecular formula is C21H29N3O5S. The average molecular weight is 436 g/mol. The Morgan fingerprint density at radius 3 is 2.53 bits per heavy atom. The fourth-order valence-corrected chi connectivity index (χ4v) is 6.10. The van der Waals surface area contributed by atoms with Gasteiger partial charge in [-0.2, -0.15) is 4.31 Å². The van der Waals surface area contributed by atoms with Crippen molar-refractivity contribution < 1.29 is 17.6 Å². The second kappa shape index (κ2) is 8.19. The Balaban J connectivity index is 1.41. The molecule has 30 heavy (non-hydrogen) atoms. The zero-order valence-corrected chi connectivity index (χ0v) is 18.3. The van der Waals surface area contributed by atoms with Gasteiger partial charge in [0.25, 0.3) is 0 Å². The molecule has 1 aromatic heterocycles. The van der Waals surface area contributed by atoms with E-state index >= 15 is 0 Å². The topological polar surface area (TPSA) is 102 Å². The van der Waals surface area contributed by atoms with Crippen LogP contribution in [0.25, 0.3) is 11.1 Å². The number of nitrogens with one attached hydrogen (secondary N) is 1. The summed E-state index contributed by atoms with van der Waals surface area (Å²) in [4.78, 5) is 24.5. The van der Waals surface area contributed by atoms with Gasteiger partial charge >= 0.3 is 5.76 Å². The Bertz CT molecular complexity index is 1100. The van der Waals surface area contributed by atoms with Crippen LogP contribution in [0.4, 0.5) is 0 Å². The third-order valence-electron chi connectivity index (χ3n) is 6.67. The minimum atomic E-state index is -3.71. The van der Waals surface area contributed by atoms with E-state index in [1.165, 1.54) is 27.4 Å². The van der Waals surface area contributed by atoms with Crippen LogP contribution in [-0.2, 0) is 21.9 Å². The summed E-state index contributed by atoms with van der Waals surface area (Å²) in [5.41, 5.74) is 0.797. The average Bonchev–Trinajstić information content (AvgIpc) is 3.03. The molecule has 2 aromatic rings. The molecule has 1 aliphatic carbocycles. The van der Waals surface area contributed by atoms with Crippen molar-refractivity contribution in [3.05, 3.63) is 28.7 Å². The lowest BCUT2D eigenvalue weighted by molar-refractivity contribution is -0.127. The van der Waals surface area contributed by atoms with Gasteiger partial charge in [0, 0.05) is 38.2 Å². The first-order valence-corrected chi connectivity index (χ1v) is 12.1. The maximum Gasteiger partial charge on any atom is 0.419 e. The molecule has 2 unspecified atom stereocenters. The molecule has 2 atom stereocenters. The van der Waals surface area contributed by atoms with Gasteiger partial charge in [-0.15, -0.1) is 0 Å². The number of rotatable bonds is 4. The van der Waals surface area contributed by atoms with Gasteiger partial charge in [-0.3, -0.25) is 9.36 Å². The second-order valence-electron chi connectivity index (χ2n) is 8.61. The number of carbonyl (C=O) groups excluding carboxylic acids is 1. The molecule has 8 nitrogen and oxygen atoms in total. The summed E-state index contributed by atoms with van der Waals surface area (Å²) in [6.45, 7) is 2.79. The predicted octanol–water partition coefficient (Wildman–Crippen LogP) is 2.23. The minimum Gasteiger partial charge on any atom is -0.408 e. The third-order valence-corrected chi connectivity index (χ3v) is 8.56. The molecule has 2 aliphatic rings. The first-order valence-electron chi connectivity index (χ1n) is 10.7. The summed E-state index contributed by atoms with van der Waals surface area (Å²) < 4.78 is 34.0. The number of fused-ring (bicyclic) bond motifs is 1. The van der Waals surface area contributed by atoms with Crippen molar-refractivity contribution in [1.29, 1.82) is 0 Å². The molecule has 1 amide bonds. The zero-order chi connectivity index (χ0) is 21.5. The molecule has 4 rings (SSSR count). The van der Waals surface area contributed by atoms with Crippen molar-refractivity contribution in [3.63, 3.8) is 0 Å². The Morgan fingerprint density at radius 1 is 1.13 bits per heavy atom. The molecule has 1 aromatic carbocycles. The highest BCUT2D eigenvalue weighted by molar-refractivity contribution is 7.89. The third kappa shape index (κ3) is 3.92. The number of carbonyl (C=O) groups is 1. The van der Waals surface area contributed by atoms with Gasteiger partial charge in [-0.1, -0.05) is 19.8 Å². The molecule has 0 spiro atoms. The van der Waals surface area contributed by atoms with E-state index in [0.29, 0.717) is 37.4 Å². The number of hydrogen-bond donors (Lipinski definition) is 1. The maximum atomic E-state index is 13.1. The normalized spacial score (nSPS) is 24.2. The van der Waals surface area contributed by atoms with Crippen LogP contribution in [0, 0.1) is 11.8 Å². The highest BCUT2D eigenvalue weighted by Gasteiger charge is 2.34. The number of piperidine rings is 1. The fourth-order valence-electron chi connectivity index (χ4n) is 4.61. The Labute approximate surface area is 176 Å². The number of aryl methyl sites for hydroxylation is 1. The van der Waals surface area contributed by atoms with Gasteiger partial charge in [-0.05, 0) is 43.7 Å². The van der Waals surface area contributed by atoms with Crippen molar-refractivity contribution in [2.75, 3.05) is 13.1 Å². The molecule has 1 saturated heterocycles. The number of amides is 1. The van der Waals surface area contributed by atoms with Crippen molar-refractivity contribution in [1.82, 2.24) is 14.2 Å². The summed E-state index contributed by atoms with van der Waals surface area (Å²) in [5.74, 6) is -0.131. The lowest BCUT2D eigenvalue weighted by atomic mass is 9.85. The number of nitrogens with zero attached hydrogens (tertiary/aromatic N) is 2. The molecule has 0 bridgehead atoms. The zero-order valence-electron chi connectivity index (χ0n) is 17.5. The lowest BCUT2D eigenvalue weighted by Gasteiger charge is -2.34. The molecule has 164 valence electrons. The van der Waals surface area contributed by atoms with Crippen LogP contribution in [0.1, 0.15) is 45.4 Å². The van der Waals surface area contributed by atoms with Crippen LogP contribution in [0.3, 0.4) is 0 Å². The molecule has 2 heterocycles. The first kappa shape index (κ1) is 21.1. The van der Waals surface area contributed by atoms with E-state index in [-0.39, 0.29) is 28.3 Å². The van der Waals surface area contributed by atoms with Gasteiger partial charge in [0.05, 0.1) is 10.4 Å². The number of sulfonamides is 1. The highest BCUT2D eigenvalue weighted by atomic mass is 32.2. The van der Waals surface area contributed by atoms with E-state index in [4.69, 9.17) is 4.42 Å². The summed E-state index contributed by atoms with van der Waals surface area (Å²) in [6, 6.07) is 4.71. The SMILES string of the molecule is CC1CCCCC1NC(=O)C1CCN(S(=O)(=O)c2ccc3c(c2)oc(=O)n3C)CC1. The Hall–Kier alpha value is -2.13. The quantitative estimate of drug-likeness (QED) is 0.794. The van der Waals surface area contributed by atoms with Crippen molar-refractivity contribution >= 4 is 27.0 Å². The summed E-state index contributed by atoms with van der Waals surface area (Å²) in [5, 5.41) is 3.20. The lowest BCUT2D eigenvalue weighted by Crippen LogP contribution is -2.47. The molecule has 2 fully saturated rings. The van der Waals surface area contributed by atoms with Gasteiger partial charge in [0.1, 0.15) is 0 Å². The molecule has 1 N–H and O–H groups in total. The summed E-state index contributed by atoms with van der Waals surface area (Å²) >= 11 is 0. The number of aromatic nitrogens is 1. The maximum absolute atomic E-state index is 13.1. The van der Waals surface area contributed by atoms with Crippen LogP contribution in [0.5, 0.6) is 0 Å². The minimum absolute atomic E-state index is 0.0540. The van der Waals surface area contributed by atoms with Crippen LogP contribution >= 0.6 is 0 Å². The Kier molecular flexibility index (Phi) is 5.76. The van der Waals surface area contributed by atoms with Crippen molar-refractivity contribution in [2.24, 2.45) is 18.9 Å². The number of hydrogen-bond acceptors (Lipinski definition) is 5. The van der Waals surface area contributed by atoms with Crippen LogP contribution in [-0.4, -0.2) is 42.3 Å². The van der Waals surface area contributed by atoms with Gasteiger partial charge in [0.2, 0.25) is 15.9 Å². The molecule has 9 heteroatoms. The number of benzene rings is 1. The van der Waals surface area contributed by atoms with Crippen LogP contribution in [0.15, 0.2) is 32.3 Å². The van der Waals surface area contributed by atoms with E-state index in [2.05, 4.69) is 12.2 Å². The smallest absolute Gasteiger partial charge is 0.408 e. The largest absolute Gasteiger partial charge is 0.419 e. The molecular weight excluding hydrogens is 406 g/mol. The summed E-state index contributed by atoms with van der Waals surface area (Å²) in [7, 11) is -2.14. The van der Waals surface area contributed by atoms with Gasteiger partial charge < -0.3 is 9.73 Å². The predicted molar refractivity (Wildman–Crippen MR) is 113 cm³/mol. The first-order chi connectivity index (χ1) is 14.3. The van der Waals surface area contributed by atoms with E-state index < -0.39 is 15.8 Å². The monoisotopic (exact) mass is 435 g/mol. The Morgan fingerprint density at radius 2 is 1.83 bits per heavy atom. The van der Waals surface area contributed by atoms with Gasteiger partial charge in [-0.25, -0.2) is 13.2 Å². The molecule has 1 saturated carbocycles. The standard InChI is InChI=1S/C21H29N3O5S/c1-14-5-3-4-6-17(14)22-20(25)15-9-11-24(12-10-15)30(27,28)16-7-8-18-19(13-16)29-21(26)23(18)2/h7-8,13-15,17H,3-6,9-12H2,1-2H3,(H,22,25). The molecule has 1 aliphatic heterocycles. The number of oxazole rings is 1. The highest BCUT2D eigenvalue weighted by Crippen LogP contribution is 2.28. The van der Waals surface area contributed by atoms with Gasteiger partial charge in [0.15, 0.2) is 5.58 Å². The van der Waals surface area contributed by atoms with Crippen LogP contribution < -0.4 is 11.1 Å². The fraction of sp³-hybridized carbons (Fsp3) is 0.619. The van der Waals surface area contributed by atoms with Crippen molar-refractivity contribution in [2.45, 2.75) is 56.4 Å². The van der Waals surface area contributed by atoms with Crippen molar-refractivity contribution in [3.8, 4) is 0 Å². The molecule has 0 radical (unpaired) electrons. The van der Waals surface area contributed by atoms with Crippen LogP contribution in [0.2, 0.25) is 0 Å². The summed E-state index contributed by atoms with van der Waals surface area (Å²) in [6.07, 6.45) is 5.56. The van der Waals surface area contributed by atoms with E-state index in [9.17, 15) is 18.0 Å². The van der Waals surface area contributed by atoms with E-state index in [1.54, 1.807) is 13.1 Å². The second-order valence-corrected chi connectivity index (χ2v) is 10.5.